The van der Waals surface area contributed by atoms with Gasteiger partial charge in [0.15, 0.2) is 0 Å². The Balaban J connectivity index is 2.50. The van der Waals surface area contributed by atoms with Crippen molar-refractivity contribution in [3.63, 3.8) is 0 Å². The Morgan fingerprint density at radius 2 is 2.06 bits per heavy atom. The first-order valence-corrected chi connectivity index (χ1v) is 6.92. The summed E-state index contributed by atoms with van der Waals surface area (Å²) < 4.78 is 5.25. The number of ether oxygens (including phenoxy) is 1. The second-order valence-electron chi connectivity index (χ2n) is 4.73. The Morgan fingerprint density at radius 1 is 1.39 bits per heavy atom. The highest BCUT2D eigenvalue weighted by molar-refractivity contribution is 5.81. The summed E-state index contributed by atoms with van der Waals surface area (Å²) in [4.78, 5) is 16.3. The number of hydrogen-bond donors (Lipinski definition) is 1. The van der Waals surface area contributed by atoms with Crippen LogP contribution in [0.25, 0.3) is 0 Å². The highest BCUT2D eigenvalue weighted by Gasteiger charge is 2.26. The van der Waals surface area contributed by atoms with Gasteiger partial charge in [-0.3, -0.25) is 9.69 Å². The maximum absolute atomic E-state index is 12.3. The summed E-state index contributed by atoms with van der Waals surface area (Å²) in [5.74, 6) is 0.155. The molecule has 5 nitrogen and oxygen atoms in total. The van der Waals surface area contributed by atoms with E-state index >= 15 is 0 Å². The van der Waals surface area contributed by atoms with E-state index in [1.165, 1.54) is 0 Å². The topological polar surface area (TPSA) is 53.0 Å². The predicted octanol–water partition coefficient (Wildman–Crippen LogP) is 0.328. The monoisotopic (exact) mass is 258 g/mol. The molecule has 0 bridgehead atoms. The number of hydrogen-bond acceptors (Lipinski definition) is 4. The summed E-state index contributed by atoms with van der Waals surface area (Å²) in [6, 6.07) is -0.151. The Morgan fingerprint density at radius 3 is 2.61 bits per heavy atom. The maximum Gasteiger partial charge on any atom is 0.239 e. The Labute approximate surface area is 110 Å². The van der Waals surface area contributed by atoms with Crippen LogP contribution in [0.1, 0.15) is 26.7 Å². The minimum atomic E-state index is -0.151. The van der Waals surface area contributed by atoms with Gasteiger partial charge in [-0.1, -0.05) is 13.3 Å². The van der Waals surface area contributed by atoms with Crippen molar-refractivity contribution in [3.05, 3.63) is 0 Å². The van der Waals surface area contributed by atoms with Gasteiger partial charge in [-0.25, -0.2) is 0 Å². The van der Waals surface area contributed by atoms with Gasteiger partial charge in [0.05, 0.1) is 25.9 Å². The van der Waals surface area contributed by atoms with Gasteiger partial charge in [-0.05, 0) is 19.9 Å². The Hall–Kier alpha value is -0.650. The molecule has 1 heterocycles. The molecule has 5 heteroatoms. The smallest absolute Gasteiger partial charge is 0.239 e. The summed E-state index contributed by atoms with van der Waals surface area (Å²) >= 11 is 0. The fourth-order valence-corrected chi connectivity index (χ4v) is 2.19. The van der Waals surface area contributed by atoms with Crippen LogP contribution in [-0.4, -0.2) is 72.9 Å². The zero-order valence-corrected chi connectivity index (χ0v) is 11.6. The zero-order chi connectivity index (χ0) is 13.4. The van der Waals surface area contributed by atoms with Crippen molar-refractivity contribution in [2.75, 3.05) is 46.0 Å². The molecule has 0 radical (unpaired) electrons. The molecule has 18 heavy (non-hydrogen) atoms. The van der Waals surface area contributed by atoms with Crippen LogP contribution in [-0.2, 0) is 9.53 Å². The summed E-state index contributed by atoms with van der Waals surface area (Å²) in [5, 5.41) is 9.09. The van der Waals surface area contributed by atoms with Crippen molar-refractivity contribution in [1.29, 1.82) is 0 Å². The molecule has 1 unspecified atom stereocenters. The molecule has 1 aliphatic rings. The number of carbonyl (C=O) groups is 1. The summed E-state index contributed by atoms with van der Waals surface area (Å²) in [5.41, 5.74) is 0. The standard InChI is InChI=1S/C13H26N2O3/c1-3-4-5-14(6-9-16)12(2)13(17)15-7-10-18-11-8-15/h12,16H,3-11H2,1-2H3. The molecule has 1 N–H and O–H groups in total. The molecule has 1 aliphatic heterocycles. The average Bonchev–Trinajstić information content (AvgIpc) is 2.43. The van der Waals surface area contributed by atoms with Crippen LogP contribution < -0.4 is 0 Å². The number of carbonyl (C=O) groups excluding carboxylic acids is 1. The first-order valence-electron chi connectivity index (χ1n) is 6.92. The van der Waals surface area contributed by atoms with Gasteiger partial charge in [0, 0.05) is 19.6 Å². The van der Waals surface area contributed by atoms with Gasteiger partial charge in [0.25, 0.3) is 0 Å². The molecule has 106 valence electrons. The van der Waals surface area contributed by atoms with E-state index in [2.05, 4.69) is 11.8 Å². The molecule has 0 aromatic heterocycles. The fraction of sp³-hybridized carbons (Fsp3) is 0.923. The summed E-state index contributed by atoms with van der Waals surface area (Å²) in [7, 11) is 0. The molecular formula is C13H26N2O3. The largest absolute Gasteiger partial charge is 0.395 e. The number of morpholine rings is 1. The van der Waals surface area contributed by atoms with Crippen molar-refractivity contribution in [1.82, 2.24) is 9.80 Å². The molecule has 1 atom stereocenters. The van der Waals surface area contributed by atoms with Crippen LogP contribution in [0.2, 0.25) is 0 Å². The Bertz CT molecular complexity index is 242. The van der Waals surface area contributed by atoms with Gasteiger partial charge in [0.1, 0.15) is 0 Å². The normalized spacial score (nSPS) is 18.1. The van der Waals surface area contributed by atoms with Gasteiger partial charge < -0.3 is 14.7 Å². The predicted molar refractivity (Wildman–Crippen MR) is 70.4 cm³/mol. The number of amides is 1. The third-order valence-corrected chi connectivity index (χ3v) is 3.41. The van der Waals surface area contributed by atoms with Crippen LogP contribution in [0.5, 0.6) is 0 Å². The maximum atomic E-state index is 12.3. The van der Waals surface area contributed by atoms with Crippen LogP contribution in [0.4, 0.5) is 0 Å². The molecule has 1 saturated heterocycles. The number of aliphatic hydroxyl groups is 1. The fourth-order valence-electron chi connectivity index (χ4n) is 2.19. The number of rotatable bonds is 7. The average molecular weight is 258 g/mol. The Kier molecular flexibility index (Phi) is 7.23. The number of unbranched alkanes of at least 4 members (excludes halogenated alkanes) is 1. The van der Waals surface area contributed by atoms with Gasteiger partial charge in [-0.2, -0.15) is 0 Å². The van der Waals surface area contributed by atoms with Crippen LogP contribution in [0.3, 0.4) is 0 Å². The van der Waals surface area contributed by atoms with Crippen molar-refractivity contribution in [2.24, 2.45) is 0 Å². The van der Waals surface area contributed by atoms with E-state index in [1.54, 1.807) is 0 Å². The molecular weight excluding hydrogens is 232 g/mol. The van der Waals surface area contributed by atoms with Gasteiger partial charge in [-0.15, -0.1) is 0 Å². The van der Waals surface area contributed by atoms with E-state index < -0.39 is 0 Å². The number of aliphatic hydroxyl groups excluding tert-OH is 1. The summed E-state index contributed by atoms with van der Waals surface area (Å²) in [6.45, 7) is 8.24. The second-order valence-corrected chi connectivity index (χ2v) is 4.73. The highest BCUT2D eigenvalue weighted by atomic mass is 16.5. The highest BCUT2D eigenvalue weighted by Crippen LogP contribution is 2.08. The lowest BCUT2D eigenvalue weighted by Crippen LogP contribution is -2.51. The molecule has 0 aliphatic carbocycles. The van der Waals surface area contributed by atoms with Crippen molar-refractivity contribution < 1.29 is 14.6 Å². The van der Waals surface area contributed by atoms with Gasteiger partial charge in [0.2, 0.25) is 5.91 Å². The molecule has 0 aromatic rings. The van der Waals surface area contributed by atoms with Crippen molar-refractivity contribution in [2.45, 2.75) is 32.7 Å². The van der Waals surface area contributed by atoms with Crippen LogP contribution in [0.15, 0.2) is 0 Å². The van der Waals surface area contributed by atoms with Gasteiger partial charge >= 0.3 is 0 Å². The van der Waals surface area contributed by atoms with E-state index in [0.717, 1.165) is 19.4 Å². The molecule has 0 aromatic carbocycles. The van der Waals surface area contributed by atoms with Crippen molar-refractivity contribution in [3.8, 4) is 0 Å². The SMILES string of the molecule is CCCCN(CCO)C(C)C(=O)N1CCOCC1. The third kappa shape index (κ3) is 4.55. The molecule has 1 rings (SSSR count). The van der Waals surface area contributed by atoms with E-state index in [0.29, 0.717) is 32.8 Å². The lowest BCUT2D eigenvalue weighted by molar-refractivity contribution is -0.140. The first-order chi connectivity index (χ1) is 8.70. The van der Waals surface area contributed by atoms with E-state index in [4.69, 9.17) is 9.84 Å². The third-order valence-electron chi connectivity index (χ3n) is 3.41. The minimum Gasteiger partial charge on any atom is -0.395 e. The molecule has 0 saturated carbocycles. The molecule has 1 amide bonds. The van der Waals surface area contributed by atoms with E-state index in [-0.39, 0.29) is 18.6 Å². The minimum absolute atomic E-state index is 0.102. The second kappa shape index (κ2) is 8.45. The van der Waals surface area contributed by atoms with E-state index in [9.17, 15) is 4.79 Å². The lowest BCUT2D eigenvalue weighted by atomic mass is 10.2. The summed E-state index contributed by atoms with van der Waals surface area (Å²) in [6.07, 6.45) is 2.15. The molecule has 1 fully saturated rings. The van der Waals surface area contributed by atoms with Crippen LogP contribution in [0, 0.1) is 0 Å². The number of nitrogens with zero attached hydrogens (tertiary/aromatic N) is 2. The van der Waals surface area contributed by atoms with Crippen LogP contribution >= 0.6 is 0 Å². The molecule has 0 spiro atoms. The first kappa shape index (κ1) is 15.4. The van der Waals surface area contributed by atoms with Crippen molar-refractivity contribution >= 4 is 5.91 Å². The quantitative estimate of drug-likeness (QED) is 0.715. The lowest BCUT2D eigenvalue weighted by Gasteiger charge is -2.34. The van der Waals surface area contributed by atoms with E-state index in [1.807, 2.05) is 11.8 Å². The zero-order valence-electron chi connectivity index (χ0n) is 11.6.